The minimum Gasteiger partial charge on any atom is -0.493 e. The van der Waals surface area contributed by atoms with Gasteiger partial charge in [-0.1, -0.05) is 25.4 Å². The summed E-state index contributed by atoms with van der Waals surface area (Å²) in [6.45, 7) is 4.00. The van der Waals surface area contributed by atoms with E-state index in [4.69, 9.17) is 21.1 Å². The molecule has 3 aromatic rings. The van der Waals surface area contributed by atoms with Crippen molar-refractivity contribution in [2.24, 2.45) is 0 Å². The van der Waals surface area contributed by atoms with Crippen LogP contribution in [0.1, 0.15) is 13.8 Å². The van der Waals surface area contributed by atoms with Crippen molar-refractivity contribution in [1.82, 2.24) is 14.6 Å². The van der Waals surface area contributed by atoms with Gasteiger partial charge in [0, 0.05) is 17.7 Å². The monoisotopic (exact) mass is 319 g/mol. The van der Waals surface area contributed by atoms with Crippen LogP contribution >= 0.6 is 11.6 Å². The van der Waals surface area contributed by atoms with Gasteiger partial charge in [0.1, 0.15) is 5.15 Å². The van der Waals surface area contributed by atoms with Gasteiger partial charge in [0.05, 0.1) is 26.1 Å². The quantitative estimate of drug-likeness (QED) is 0.682. The smallest absolute Gasteiger partial charge is 0.161 e. The molecule has 0 aliphatic rings. The minimum absolute atomic E-state index is 0.504. The zero-order chi connectivity index (χ0) is 16.1. The zero-order valence-electron chi connectivity index (χ0n) is 13.0. The topological polar surface area (TPSA) is 48.7 Å². The number of benzene rings is 1. The van der Waals surface area contributed by atoms with Gasteiger partial charge in [0.2, 0.25) is 0 Å². The molecule has 0 aliphatic carbocycles. The van der Waals surface area contributed by atoms with E-state index in [2.05, 4.69) is 10.1 Å². The molecule has 6 heteroatoms. The van der Waals surface area contributed by atoms with Crippen LogP contribution in [0.4, 0.5) is 0 Å². The number of aromatic nitrogens is 3. The molecule has 0 saturated heterocycles. The van der Waals surface area contributed by atoms with E-state index < -0.39 is 0 Å². The standard InChI is InChI=1S/C14H12ClN3O2.C2H6/c1-19-11-4-3-9(7-12(11)20-2)10-8-13(15)18-14(17-10)5-6-16-18;1-2/h3-8H,1-2H3;1-2H3. The third-order valence-corrected chi connectivity index (χ3v) is 3.26. The summed E-state index contributed by atoms with van der Waals surface area (Å²) in [7, 11) is 3.20. The lowest BCUT2D eigenvalue weighted by atomic mass is 10.1. The van der Waals surface area contributed by atoms with E-state index in [1.165, 1.54) is 0 Å². The second kappa shape index (κ2) is 7.13. The summed E-state index contributed by atoms with van der Waals surface area (Å²) in [5.41, 5.74) is 2.35. The Kier molecular flexibility index (Phi) is 5.22. The third kappa shape index (κ3) is 2.99. The molecule has 3 rings (SSSR count). The van der Waals surface area contributed by atoms with Gasteiger partial charge in [-0.25, -0.2) is 9.50 Å². The van der Waals surface area contributed by atoms with Gasteiger partial charge in [-0.15, -0.1) is 0 Å². The Morgan fingerprint density at radius 2 is 1.73 bits per heavy atom. The normalized spacial score (nSPS) is 10.0. The Bertz CT molecular complexity index is 771. The lowest BCUT2D eigenvalue weighted by Crippen LogP contribution is -1.95. The Morgan fingerprint density at radius 1 is 1.00 bits per heavy atom. The Balaban J connectivity index is 0.000000847. The van der Waals surface area contributed by atoms with Crippen molar-refractivity contribution >= 4 is 17.2 Å². The SMILES string of the molecule is CC.COc1ccc(-c2cc(Cl)n3nccc3n2)cc1OC. The number of hydrogen-bond donors (Lipinski definition) is 0. The molecule has 0 N–H and O–H groups in total. The van der Waals surface area contributed by atoms with Crippen LogP contribution in [0.25, 0.3) is 16.9 Å². The van der Waals surface area contributed by atoms with E-state index in [-0.39, 0.29) is 0 Å². The van der Waals surface area contributed by atoms with Crippen molar-refractivity contribution in [3.8, 4) is 22.8 Å². The third-order valence-electron chi connectivity index (χ3n) is 3.00. The summed E-state index contributed by atoms with van der Waals surface area (Å²) in [5.74, 6) is 1.32. The molecule has 0 saturated carbocycles. The van der Waals surface area contributed by atoms with E-state index >= 15 is 0 Å². The first-order chi connectivity index (χ1) is 10.7. The van der Waals surface area contributed by atoms with Crippen molar-refractivity contribution in [2.45, 2.75) is 13.8 Å². The van der Waals surface area contributed by atoms with E-state index in [1.54, 1.807) is 37.1 Å². The van der Waals surface area contributed by atoms with Crippen LogP contribution in [-0.4, -0.2) is 28.8 Å². The average Bonchev–Trinajstić information content (AvgIpc) is 3.05. The van der Waals surface area contributed by atoms with Gasteiger partial charge >= 0.3 is 0 Å². The number of methoxy groups -OCH3 is 2. The molecule has 0 radical (unpaired) electrons. The summed E-state index contributed by atoms with van der Waals surface area (Å²) in [6.07, 6.45) is 1.66. The highest BCUT2D eigenvalue weighted by Crippen LogP contribution is 2.32. The fraction of sp³-hybridized carbons (Fsp3) is 0.250. The predicted octanol–water partition coefficient (Wildman–Crippen LogP) is 4.09. The Morgan fingerprint density at radius 3 is 2.41 bits per heavy atom. The molecule has 2 heterocycles. The molecule has 0 spiro atoms. The van der Waals surface area contributed by atoms with Crippen LogP contribution in [0.2, 0.25) is 5.15 Å². The van der Waals surface area contributed by atoms with Crippen LogP contribution in [-0.2, 0) is 0 Å². The largest absolute Gasteiger partial charge is 0.493 e. The van der Waals surface area contributed by atoms with Crippen molar-refractivity contribution < 1.29 is 9.47 Å². The van der Waals surface area contributed by atoms with E-state index in [9.17, 15) is 0 Å². The summed E-state index contributed by atoms with van der Waals surface area (Å²) in [4.78, 5) is 4.52. The molecular weight excluding hydrogens is 302 g/mol. The lowest BCUT2D eigenvalue weighted by Gasteiger charge is -2.09. The maximum atomic E-state index is 6.19. The van der Waals surface area contributed by atoms with Crippen LogP contribution < -0.4 is 9.47 Å². The minimum atomic E-state index is 0.504. The van der Waals surface area contributed by atoms with E-state index in [0.717, 1.165) is 11.3 Å². The molecule has 5 nitrogen and oxygen atoms in total. The zero-order valence-corrected chi connectivity index (χ0v) is 13.8. The molecule has 0 fully saturated rings. The molecule has 0 atom stereocenters. The van der Waals surface area contributed by atoms with Gasteiger partial charge in [0.15, 0.2) is 17.1 Å². The van der Waals surface area contributed by atoms with Crippen LogP contribution in [0.15, 0.2) is 36.5 Å². The highest BCUT2D eigenvalue weighted by molar-refractivity contribution is 6.30. The van der Waals surface area contributed by atoms with Gasteiger partial charge in [-0.3, -0.25) is 0 Å². The second-order valence-electron chi connectivity index (χ2n) is 4.14. The number of rotatable bonds is 3. The summed E-state index contributed by atoms with van der Waals surface area (Å²) >= 11 is 6.19. The van der Waals surface area contributed by atoms with Gasteiger partial charge in [-0.05, 0) is 18.2 Å². The van der Waals surface area contributed by atoms with Crippen LogP contribution in [0.3, 0.4) is 0 Å². The van der Waals surface area contributed by atoms with Crippen LogP contribution in [0.5, 0.6) is 11.5 Å². The maximum Gasteiger partial charge on any atom is 0.161 e. The maximum absolute atomic E-state index is 6.19. The summed E-state index contributed by atoms with van der Waals surface area (Å²) < 4.78 is 12.1. The molecule has 2 aromatic heterocycles. The molecule has 1 aromatic carbocycles. The molecule has 116 valence electrons. The second-order valence-corrected chi connectivity index (χ2v) is 4.52. The average molecular weight is 320 g/mol. The van der Waals surface area contributed by atoms with Crippen molar-refractivity contribution in [1.29, 1.82) is 0 Å². The summed E-state index contributed by atoms with van der Waals surface area (Å²) in [5, 5.41) is 4.60. The molecular formula is C16H18ClN3O2. The summed E-state index contributed by atoms with van der Waals surface area (Å²) in [6, 6.07) is 9.18. The van der Waals surface area contributed by atoms with E-state index in [1.807, 2.05) is 32.0 Å². The van der Waals surface area contributed by atoms with E-state index in [0.29, 0.717) is 22.3 Å². The Labute approximate surface area is 134 Å². The molecule has 0 aliphatic heterocycles. The fourth-order valence-corrected chi connectivity index (χ4v) is 2.25. The molecule has 22 heavy (non-hydrogen) atoms. The number of nitrogens with zero attached hydrogens (tertiary/aromatic N) is 3. The molecule has 0 amide bonds. The van der Waals surface area contributed by atoms with Crippen molar-refractivity contribution in [2.75, 3.05) is 14.2 Å². The lowest BCUT2D eigenvalue weighted by molar-refractivity contribution is 0.355. The van der Waals surface area contributed by atoms with Gasteiger partial charge in [0.25, 0.3) is 0 Å². The van der Waals surface area contributed by atoms with Gasteiger partial charge < -0.3 is 9.47 Å². The van der Waals surface area contributed by atoms with Gasteiger partial charge in [-0.2, -0.15) is 5.10 Å². The van der Waals surface area contributed by atoms with Crippen LogP contribution in [0, 0.1) is 0 Å². The first-order valence-corrected chi connectivity index (χ1v) is 7.33. The number of ether oxygens (including phenoxy) is 2. The van der Waals surface area contributed by atoms with Crippen molar-refractivity contribution in [3.63, 3.8) is 0 Å². The number of hydrogen-bond acceptors (Lipinski definition) is 4. The predicted molar refractivity (Wildman–Crippen MR) is 87.9 cm³/mol. The molecule has 0 unspecified atom stereocenters. The Hall–Kier alpha value is -2.27. The number of halogens is 1. The fourth-order valence-electron chi connectivity index (χ4n) is 2.02. The first kappa shape index (κ1) is 16.1. The van der Waals surface area contributed by atoms with Crippen molar-refractivity contribution in [3.05, 3.63) is 41.7 Å². The first-order valence-electron chi connectivity index (χ1n) is 6.95. The highest BCUT2D eigenvalue weighted by Gasteiger charge is 2.10. The highest BCUT2D eigenvalue weighted by atomic mass is 35.5. The molecule has 0 bridgehead atoms. The number of fused-ring (bicyclic) bond motifs is 1.